The van der Waals surface area contributed by atoms with Crippen LogP contribution in [0.1, 0.15) is 62.5 Å². The lowest BCUT2D eigenvalue weighted by Gasteiger charge is -2.29. The van der Waals surface area contributed by atoms with Crippen LogP contribution in [0.15, 0.2) is 0 Å². The number of hydrogen-bond donors (Lipinski definition) is 0. The average Bonchev–Trinajstić information content (AvgIpc) is 2.94. The lowest BCUT2D eigenvalue weighted by molar-refractivity contribution is -0.136. The summed E-state index contributed by atoms with van der Waals surface area (Å²) in [5, 5.41) is 9.02. The van der Waals surface area contributed by atoms with E-state index in [1.54, 1.807) is 0 Å². The van der Waals surface area contributed by atoms with E-state index in [-0.39, 0.29) is 5.92 Å². The van der Waals surface area contributed by atoms with Gasteiger partial charge in [-0.05, 0) is 45.8 Å². The van der Waals surface area contributed by atoms with E-state index in [2.05, 4.69) is 31.6 Å². The van der Waals surface area contributed by atoms with Crippen molar-refractivity contribution in [2.24, 2.45) is 5.92 Å². The highest BCUT2D eigenvalue weighted by atomic mass is 16.2. The van der Waals surface area contributed by atoms with Crippen LogP contribution >= 0.6 is 0 Å². The number of likely N-dealkylation sites (tertiary alicyclic amines) is 1. The monoisotopic (exact) mass is 345 g/mol. The molecule has 6 nitrogen and oxygen atoms in total. The quantitative estimate of drug-likeness (QED) is 0.823. The lowest BCUT2D eigenvalue weighted by atomic mass is 9.88. The fourth-order valence-corrected chi connectivity index (χ4v) is 4.74. The van der Waals surface area contributed by atoms with Crippen molar-refractivity contribution in [1.82, 2.24) is 24.6 Å². The fraction of sp³-hybridized carbons (Fsp3) is 0.842. The molecule has 138 valence electrons. The molecule has 1 saturated carbocycles. The Morgan fingerprint density at radius 3 is 2.44 bits per heavy atom. The summed E-state index contributed by atoms with van der Waals surface area (Å²) < 4.78 is 2.32. The molecular weight excluding hydrogens is 314 g/mol. The molecule has 3 heterocycles. The van der Waals surface area contributed by atoms with Crippen LogP contribution in [0.5, 0.6) is 0 Å². The molecule has 0 unspecified atom stereocenters. The first kappa shape index (κ1) is 17.0. The number of carbonyl (C=O) groups excluding carboxylic acids is 1. The molecule has 1 amide bonds. The van der Waals surface area contributed by atoms with Crippen LogP contribution in [-0.2, 0) is 17.8 Å². The number of amides is 1. The van der Waals surface area contributed by atoms with Gasteiger partial charge in [0.25, 0.3) is 0 Å². The Labute approximate surface area is 150 Å². The van der Waals surface area contributed by atoms with Crippen molar-refractivity contribution in [3.05, 3.63) is 11.6 Å². The molecule has 0 N–H and O–H groups in total. The number of carbonyl (C=O) groups is 1. The molecule has 4 rings (SSSR count). The molecule has 1 aromatic rings. The van der Waals surface area contributed by atoms with Gasteiger partial charge in [-0.1, -0.05) is 19.3 Å². The van der Waals surface area contributed by atoms with E-state index in [4.69, 9.17) is 0 Å². The first-order valence-electron chi connectivity index (χ1n) is 10.1. The van der Waals surface area contributed by atoms with Gasteiger partial charge in [0, 0.05) is 37.9 Å². The fourth-order valence-electron chi connectivity index (χ4n) is 4.74. The second-order valence-electron chi connectivity index (χ2n) is 8.11. The van der Waals surface area contributed by atoms with Crippen LogP contribution in [-0.4, -0.2) is 63.7 Å². The predicted octanol–water partition coefficient (Wildman–Crippen LogP) is 2.05. The molecule has 3 aliphatic rings. The van der Waals surface area contributed by atoms with Crippen molar-refractivity contribution in [2.75, 3.05) is 33.2 Å². The first-order valence-corrected chi connectivity index (χ1v) is 10.1. The van der Waals surface area contributed by atoms with Gasteiger partial charge in [0.15, 0.2) is 0 Å². The van der Waals surface area contributed by atoms with Crippen molar-refractivity contribution in [3.63, 3.8) is 0 Å². The van der Waals surface area contributed by atoms with Crippen LogP contribution < -0.4 is 0 Å². The summed E-state index contributed by atoms with van der Waals surface area (Å²) in [6.07, 6.45) is 9.08. The SMILES string of the molecule is CN1CCC(c2nnc3n2CCN(C(=O)C2CCCCC2)CC3)CC1. The van der Waals surface area contributed by atoms with E-state index in [0.29, 0.717) is 11.8 Å². The molecule has 0 aromatic carbocycles. The van der Waals surface area contributed by atoms with Crippen LogP contribution in [0.3, 0.4) is 0 Å². The zero-order chi connectivity index (χ0) is 17.2. The largest absolute Gasteiger partial charge is 0.340 e. The topological polar surface area (TPSA) is 54.3 Å². The molecule has 1 saturated heterocycles. The van der Waals surface area contributed by atoms with Crippen LogP contribution in [0.25, 0.3) is 0 Å². The maximum Gasteiger partial charge on any atom is 0.225 e. The van der Waals surface area contributed by atoms with Crippen molar-refractivity contribution in [3.8, 4) is 0 Å². The third-order valence-corrected chi connectivity index (χ3v) is 6.40. The number of fused-ring (bicyclic) bond motifs is 1. The van der Waals surface area contributed by atoms with Crippen LogP contribution in [0, 0.1) is 5.92 Å². The maximum absolute atomic E-state index is 12.9. The van der Waals surface area contributed by atoms with Crippen molar-refractivity contribution >= 4 is 5.91 Å². The highest BCUT2D eigenvalue weighted by Crippen LogP contribution is 2.29. The highest BCUT2D eigenvalue weighted by molar-refractivity contribution is 5.79. The normalized spacial score (nSPS) is 24.1. The number of rotatable bonds is 2. The molecule has 25 heavy (non-hydrogen) atoms. The molecule has 0 spiro atoms. The third kappa shape index (κ3) is 3.59. The van der Waals surface area contributed by atoms with E-state index in [1.165, 1.54) is 32.1 Å². The summed E-state index contributed by atoms with van der Waals surface area (Å²) in [5.41, 5.74) is 0. The molecule has 6 heteroatoms. The molecule has 0 bridgehead atoms. The van der Waals surface area contributed by atoms with E-state index in [9.17, 15) is 4.79 Å². The molecule has 1 aromatic heterocycles. The van der Waals surface area contributed by atoms with E-state index in [0.717, 1.165) is 63.6 Å². The zero-order valence-electron chi connectivity index (χ0n) is 15.5. The Morgan fingerprint density at radius 1 is 0.920 bits per heavy atom. The number of hydrogen-bond acceptors (Lipinski definition) is 4. The minimum atomic E-state index is 0.269. The van der Waals surface area contributed by atoms with E-state index >= 15 is 0 Å². The van der Waals surface area contributed by atoms with Gasteiger partial charge in [-0.25, -0.2) is 0 Å². The number of nitrogens with zero attached hydrogens (tertiary/aromatic N) is 5. The number of aromatic nitrogens is 3. The summed E-state index contributed by atoms with van der Waals surface area (Å²) in [6.45, 7) is 4.77. The highest BCUT2D eigenvalue weighted by Gasteiger charge is 2.30. The zero-order valence-corrected chi connectivity index (χ0v) is 15.5. The standard InChI is InChI=1S/C19H31N5O/c1-22-10-7-15(8-11-22)18-21-20-17-9-12-23(13-14-24(17)18)19(25)16-5-3-2-4-6-16/h15-16H,2-14H2,1H3. The predicted molar refractivity (Wildman–Crippen MR) is 96.4 cm³/mol. The van der Waals surface area contributed by atoms with Gasteiger partial charge in [0.1, 0.15) is 11.6 Å². The molecule has 2 aliphatic heterocycles. The summed E-state index contributed by atoms with van der Waals surface area (Å²) in [6, 6.07) is 0. The van der Waals surface area contributed by atoms with Crippen molar-refractivity contribution in [1.29, 1.82) is 0 Å². The van der Waals surface area contributed by atoms with Gasteiger partial charge in [0.2, 0.25) is 5.91 Å². The Hall–Kier alpha value is -1.43. The van der Waals surface area contributed by atoms with Crippen LogP contribution in [0.2, 0.25) is 0 Å². The molecule has 1 aliphatic carbocycles. The van der Waals surface area contributed by atoms with Crippen LogP contribution in [0.4, 0.5) is 0 Å². The molecule has 0 radical (unpaired) electrons. The Morgan fingerprint density at radius 2 is 1.68 bits per heavy atom. The van der Waals surface area contributed by atoms with E-state index in [1.807, 2.05) is 0 Å². The van der Waals surface area contributed by atoms with Gasteiger partial charge in [-0.15, -0.1) is 10.2 Å². The smallest absolute Gasteiger partial charge is 0.225 e. The van der Waals surface area contributed by atoms with Gasteiger partial charge < -0.3 is 14.4 Å². The first-order chi connectivity index (χ1) is 12.2. The lowest BCUT2D eigenvalue weighted by Crippen LogP contribution is -2.39. The van der Waals surface area contributed by atoms with Crippen molar-refractivity contribution in [2.45, 2.75) is 63.8 Å². The number of piperidine rings is 1. The van der Waals surface area contributed by atoms with Gasteiger partial charge in [-0.3, -0.25) is 4.79 Å². The summed E-state index contributed by atoms with van der Waals surface area (Å²) >= 11 is 0. The second-order valence-corrected chi connectivity index (χ2v) is 8.11. The molecular formula is C19H31N5O. The molecule has 0 atom stereocenters. The second kappa shape index (κ2) is 7.44. The molecule has 2 fully saturated rings. The van der Waals surface area contributed by atoms with E-state index < -0.39 is 0 Å². The third-order valence-electron chi connectivity index (χ3n) is 6.40. The minimum Gasteiger partial charge on any atom is -0.340 e. The Bertz CT molecular complexity index is 599. The Balaban J connectivity index is 1.43. The van der Waals surface area contributed by atoms with Gasteiger partial charge >= 0.3 is 0 Å². The summed E-state index contributed by atoms with van der Waals surface area (Å²) in [4.78, 5) is 17.4. The van der Waals surface area contributed by atoms with Crippen molar-refractivity contribution < 1.29 is 4.79 Å². The Kier molecular flexibility index (Phi) is 5.06. The maximum atomic E-state index is 12.9. The van der Waals surface area contributed by atoms with Gasteiger partial charge in [0.05, 0.1) is 0 Å². The van der Waals surface area contributed by atoms with Gasteiger partial charge in [-0.2, -0.15) is 0 Å². The minimum absolute atomic E-state index is 0.269. The summed E-state index contributed by atoms with van der Waals surface area (Å²) in [7, 11) is 2.19. The average molecular weight is 345 g/mol. The summed E-state index contributed by atoms with van der Waals surface area (Å²) in [5.74, 6) is 3.42.